The number of carbonyl (C=O) groups is 1. The van der Waals surface area contributed by atoms with E-state index in [0.717, 1.165) is 29.1 Å². The van der Waals surface area contributed by atoms with E-state index >= 15 is 0 Å². The number of nitrogens with two attached hydrogens (primary N) is 1. The van der Waals surface area contributed by atoms with Gasteiger partial charge in [0.1, 0.15) is 0 Å². The molecule has 110 valence electrons. The Labute approximate surface area is 129 Å². The summed E-state index contributed by atoms with van der Waals surface area (Å²) in [5.74, 6) is 0.390. The van der Waals surface area contributed by atoms with Crippen LogP contribution in [-0.2, 0) is 11.2 Å². The topological polar surface area (TPSA) is 55.1 Å². The van der Waals surface area contributed by atoms with E-state index in [0.29, 0.717) is 5.75 Å². The van der Waals surface area contributed by atoms with Gasteiger partial charge in [-0.05, 0) is 48.4 Å². The smallest absolute Gasteiger partial charge is 0.234 e. The summed E-state index contributed by atoms with van der Waals surface area (Å²) in [6.45, 7) is 2.16. The van der Waals surface area contributed by atoms with Gasteiger partial charge < -0.3 is 11.1 Å². The van der Waals surface area contributed by atoms with Crippen molar-refractivity contribution in [2.24, 2.45) is 0 Å². The molecule has 0 aliphatic rings. The molecule has 0 aromatic heterocycles. The highest BCUT2D eigenvalue weighted by atomic mass is 32.2. The van der Waals surface area contributed by atoms with E-state index in [9.17, 15) is 4.79 Å². The van der Waals surface area contributed by atoms with Crippen LogP contribution in [0.25, 0.3) is 0 Å². The number of anilines is 2. The molecule has 0 aliphatic carbocycles. The zero-order valence-corrected chi connectivity index (χ0v) is 13.0. The van der Waals surface area contributed by atoms with Gasteiger partial charge in [0.2, 0.25) is 5.91 Å². The molecule has 1 amide bonds. The molecule has 0 heterocycles. The van der Waals surface area contributed by atoms with Crippen LogP contribution in [0.1, 0.15) is 18.9 Å². The van der Waals surface area contributed by atoms with Crippen molar-refractivity contribution in [1.82, 2.24) is 0 Å². The van der Waals surface area contributed by atoms with Gasteiger partial charge in [-0.3, -0.25) is 4.79 Å². The third kappa shape index (κ3) is 5.16. The van der Waals surface area contributed by atoms with Gasteiger partial charge in [-0.25, -0.2) is 0 Å². The quantitative estimate of drug-likeness (QED) is 0.627. The highest BCUT2D eigenvalue weighted by Crippen LogP contribution is 2.19. The Morgan fingerprint density at radius 1 is 1.10 bits per heavy atom. The van der Waals surface area contributed by atoms with Crippen molar-refractivity contribution in [2.45, 2.75) is 24.7 Å². The Bertz CT molecular complexity index is 579. The highest BCUT2D eigenvalue weighted by molar-refractivity contribution is 8.00. The van der Waals surface area contributed by atoms with E-state index in [1.54, 1.807) is 0 Å². The molecule has 3 N–H and O–H groups in total. The van der Waals surface area contributed by atoms with Gasteiger partial charge >= 0.3 is 0 Å². The summed E-state index contributed by atoms with van der Waals surface area (Å²) in [4.78, 5) is 12.9. The first-order chi connectivity index (χ1) is 10.2. The number of rotatable bonds is 6. The predicted octanol–water partition coefficient (Wildman–Crippen LogP) is 3.95. The van der Waals surface area contributed by atoms with Crippen molar-refractivity contribution in [3.63, 3.8) is 0 Å². The van der Waals surface area contributed by atoms with Crippen molar-refractivity contribution < 1.29 is 4.79 Å². The Balaban J connectivity index is 1.82. The van der Waals surface area contributed by atoms with Gasteiger partial charge in [0.25, 0.3) is 0 Å². The maximum Gasteiger partial charge on any atom is 0.234 e. The number of thioether (sulfide) groups is 1. The van der Waals surface area contributed by atoms with Crippen molar-refractivity contribution >= 4 is 29.0 Å². The molecule has 2 rings (SSSR count). The minimum absolute atomic E-state index is 0.0000616. The van der Waals surface area contributed by atoms with Crippen LogP contribution >= 0.6 is 11.8 Å². The van der Waals surface area contributed by atoms with Gasteiger partial charge in [0, 0.05) is 16.3 Å². The molecule has 0 unspecified atom stereocenters. The molecule has 4 heteroatoms. The average Bonchev–Trinajstić information content (AvgIpc) is 2.49. The fourth-order valence-electron chi connectivity index (χ4n) is 1.95. The van der Waals surface area contributed by atoms with E-state index in [2.05, 4.69) is 24.4 Å². The Morgan fingerprint density at radius 3 is 2.38 bits per heavy atom. The van der Waals surface area contributed by atoms with Crippen LogP contribution in [0.5, 0.6) is 0 Å². The van der Waals surface area contributed by atoms with Crippen LogP contribution in [0.4, 0.5) is 11.4 Å². The lowest BCUT2D eigenvalue weighted by atomic mass is 10.1. The van der Waals surface area contributed by atoms with E-state index in [-0.39, 0.29) is 5.91 Å². The number of nitrogen functional groups attached to an aromatic ring is 1. The van der Waals surface area contributed by atoms with Crippen LogP contribution in [-0.4, -0.2) is 11.7 Å². The summed E-state index contributed by atoms with van der Waals surface area (Å²) >= 11 is 1.50. The molecular formula is C17H20N2OS. The van der Waals surface area contributed by atoms with Crippen LogP contribution in [0.2, 0.25) is 0 Å². The maximum absolute atomic E-state index is 11.9. The lowest BCUT2D eigenvalue weighted by Crippen LogP contribution is -2.13. The average molecular weight is 300 g/mol. The monoisotopic (exact) mass is 300 g/mol. The SMILES string of the molecule is CCCc1ccc(NC(=O)CSc2ccc(N)cc2)cc1. The molecule has 0 saturated carbocycles. The maximum atomic E-state index is 11.9. The van der Waals surface area contributed by atoms with Crippen molar-refractivity contribution in [2.75, 3.05) is 16.8 Å². The van der Waals surface area contributed by atoms with Gasteiger partial charge in [-0.2, -0.15) is 0 Å². The van der Waals surface area contributed by atoms with Crippen LogP contribution in [0, 0.1) is 0 Å². The normalized spacial score (nSPS) is 10.3. The fraction of sp³-hybridized carbons (Fsp3) is 0.235. The Kier molecular flexibility index (Phi) is 5.69. The van der Waals surface area contributed by atoms with E-state index in [1.807, 2.05) is 36.4 Å². The molecule has 0 saturated heterocycles. The fourth-order valence-corrected chi connectivity index (χ4v) is 2.65. The van der Waals surface area contributed by atoms with Gasteiger partial charge in [0.05, 0.1) is 5.75 Å². The molecule has 0 fully saturated rings. The summed E-state index contributed by atoms with van der Waals surface area (Å²) in [6.07, 6.45) is 2.20. The summed E-state index contributed by atoms with van der Waals surface area (Å²) in [7, 11) is 0. The zero-order chi connectivity index (χ0) is 15.1. The van der Waals surface area contributed by atoms with Crippen LogP contribution < -0.4 is 11.1 Å². The molecule has 0 spiro atoms. The second-order valence-corrected chi connectivity index (χ2v) is 5.90. The number of amides is 1. The lowest BCUT2D eigenvalue weighted by Gasteiger charge is -2.06. The van der Waals surface area contributed by atoms with Gasteiger partial charge in [-0.1, -0.05) is 25.5 Å². The summed E-state index contributed by atoms with van der Waals surface area (Å²) in [5, 5.41) is 2.91. The number of carbonyl (C=O) groups excluding carboxylic acids is 1. The molecule has 0 aliphatic heterocycles. The van der Waals surface area contributed by atoms with Crippen molar-refractivity contribution in [3.8, 4) is 0 Å². The summed E-state index contributed by atoms with van der Waals surface area (Å²) < 4.78 is 0. The van der Waals surface area contributed by atoms with E-state index in [4.69, 9.17) is 5.73 Å². The molecule has 0 radical (unpaired) electrons. The number of aryl methyl sites for hydroxylation is 1. The minimum atomic E-state index is 0.0000616. The second kappa shape index (κ2) is 7.74. The Morgan fingerprint density at radius 2 is 1.76 bits per heavy atom. The summed E-state index contributed by atoms with van der Waals surface area (Å²) in [5.41, 5.74) is 8.51. The first kappa shape index (κ1) is 15.4. The minimum Gasteiger partial charge on any atom is -0.399 e. The standard InChI is InChI=1S/C17H20N2OS/c1-2-3-13-4-8-15(9-5-13)19-17(20)12-21-16-10-6-14(18)7-11-16/h4-11H,2-3,12,18H2,1H3,(H,19,20). The zero-order valence-electron chi connectivity index (χ0n) is 12.1. The summed E-state index contributed by atoms with van der Waals surface area (Å²) in [6, 6.07) is 15.6. The van der Waals surface area contributed by atoms with E-state index in [1.165, 1.54) is 17.3 Å². The molecule has 2 aromatic rings. The van der Waals surface area contributed by atoms with Gasteiger partial charge in [0.15, 0.2) is 0 Å². The van der Waals surface area contributed by atoms with Crippen LogP contribution in [0.3, 0.4) is 0 Å². The van der Waals surface area contributed by atoms with Crippen molar-refractivity contribution in [3.05, 3.63) is 54.1 Å². The number of hydrogen-bond acceptors (Lipinski definition) is 3. The number of nitrogens with one attached hydrogen (secondary N) is 1. The molecular weight excluding hydrogens is 280 g/mol. The largest absolute Gasteiger partial charge is 0.399 e. The van der Waals surface area contributed by atoms with Crippen LogP contribution in [0.15, 0.2) is 53.4 Å². The third-order valence-corrected chi connectivity index (χ3v) is 4.04. The third-order valence-electron chi connectivity index (χ3n) is 3.03. The second-order valence-electron chi connectivity index (χ2n) is 4.85. The number of benzene rings is 2. The lowest BCUT2D eigenvalue weighted by molar-refractivity contribution is -0.113. The highest BCUT2D eigenvalue weighted by Gasteiger charge is 2.04. The Hall–Kier alpha value is -1.94. The molecule has 0 atom stereocenters. The molecule has 21 heavy (non-hydrogen) atoms. The first-order valence-corrected chi connectivity index (χ1v) is 8.03. The van der Waals surface area contributed by atoms with Gasteiger partial charge in [-0.15, -0.1) is 11.8 Å². The number of hydrogen-bond donors (Lipinski definition) is 2. The molecule has 0 bridgehead atoms. The molecule has 3 nitrogen and oxygen atoms in total. The predicted molar refractivity (Wildman–Crippen MR) is 90.6 cm³/mol. The first-order valence-electron chi connectivity index (χ1n) is 7.04. The van der Waals surface area contributed by atoms with Crippen molar-refractivity contribution in [1.29, 1.82) is 0 Å². The molecule has 2 aromatic carbocycles. The van der Waals surface area contributed by atoms with E-state index < -0.39 is 0 Å².